The quantitative estimate of drug-likeness (QED) is 0.170. The number of nitrogens with zero attached hydrogens (tertiary/aromatic N) is 7. The Hall–Kier alpha value is -3.07. The Morgan fingerprint density at radius 3 is 2.71 bits per heavy atom. The van der Waals surface area contributed by atoms with Gasteiger partial charge >= 0.3 is 15.1 Å². The lowest BCUT2D eigenvalue weighted by Crippen LogP contribution is -2.41. The first-order valence-electron chi connectivity index (χ1n) is 13.0. The number of ether oxygens (including phenoxy) is 2. The van der Waals surface area contributed by atoms with Crippen LogP contribution in [0, 0.1) is 0 Å². The third-order valence-electron chi connectivity index (χ3n) is 7.22. The van der Waals surface area contributed by atoms with Crippen LogP contribution >= 0.6 is 27.3 Å². The summed E-state index contributed by atoms with van der Waals surface area (Å²) in [6.07, 6.45) is -10.6. The zero-order valence-electron chi connectivity index (χ0n) is 23.0. The number of aromatic nitrogens is 6. The summed E-state index contributed by atoms with van der Waals surface area (Å²) in [6, 6.07) is 0. The maximum atomic E-state index is 15.9. The number of nitrogens with two attached hydrogens (primary N) is 2. The number of anilines is 3. The second-order valence-corrected chi connectivity index (χ2v) is 13.9. The van der Waals surface area contributed by atoms with Gasteiger partial charge < -0.3 is 34.9 Å². The van der Waals surface area contributed by atoms with Gasteiger partial charge in [-0.2, -0.15) is 4.98 Å². The maximum Gasteiger partial charge on any atom is 0.386 e. The summed E-state index contributed by atoms with van der Waals surface area (Å²) in [5.74, 6) is -0.428. The van der Waals surface area contributed by atoms with Crippen molar-refractivity contribution in [2.24, 2.45) is 4.99 Å². The topological polar surface area (TPSA) is 247 Å². The molecule has 0 saturated carbocycles. The van der Waals surface area contributed by atoms with Gasteiger partial charge in [-0.05, 0) is 6.72 Å². The molecule has 3 fully saturated rings. The van der Waals surface area contributed by atoms with Crippen molar-refractivity contribution in [3.63, 3.8) is 0 Å². The van der Waals surface area contributed by atoms with Crippen molar-refractivity contribution in [1.29, 1.82) is 0 Å². The highest BCUT2D eigenvalue weighted by Gasteiger charge is 2.53. The van der Waals surface area contributed by atoms with Crippen molar-refractivity contribution in [3.05, 3.63) is 23.0 Å². The van der Waals surface area contributed by atoms with Crippen LogP contribution in [0.3, 0.4) is 0 Å². The van der Waals surface area contributed by atoms with Crippen molar-refractivity contribution in [2.45, 2.75) is 49.2 Å². The standard InChI is InChI=1S/C21H26F2N10O9P2S/c1-26-12-17(30-21(25)31-18(12)34)32(2)19-9(22)13-8(39-19)4-38-44(36,45)42-14-7(3-37-43(35)41-13)40-20(10(14)23)33-6-29-11-15(24)27-5-28-16(11)33/h5-10,13-14,19-20,43H,1,3-4H2,2H3,(H,36,45)(H2,24,27,28)(H3,25,30,31,34)/t7?,8-,9-,10-,13-,14-,19-,20-,44+/m1/s1. The Bertz CT molecular complexity index is 1750. The second kappa shape index (κ2) is 12.3. The number of imidazole rings is 1. The van der Waals surface area contributed by atoms with E-state index in [1.807, 2.05) is 0 Å². The van der Waals surface area contributed by atoms with Crippen LogP contribution in [0.1, 0.15) is 6.23 Å². The van der Waals surface area contributed by atoms with Crippen LogP contribution in [0.25, 0.3) is 11.2 Å². The minimum Gasteiger partial charge on any atom is -0.382 e. The van der Waals surface area contributed by atoms with E-state index in [9.17, 15) is 13.9 Å². The Morgan fingerprint density at radius 1 is 1.20 bits per heavy atom. The van der Waals surface area contributed by atoms with E-state index in [2.05, 4.69) is 48.9 Å². The molecule has 244 valence electrons. The number of aliphatic imine (C=N–C) groups is 1. The molecule has 2 unspecified atom stereocenters. The highest BCUT2D eigenvalue weighted by molar-refractivity contribution is 8.44. The largest absolute Gasteiger partial charge is 0.386 e. The van der Waals surface area contributed by atoms with Gasteiger partial charge in [0.25, 0.3) is 5.56 Å². The average molecular weight is 695 g/mol. The first-order chi connectivity index (χ1) is 21.4. The molecule has 3 aromatic rings. The van der Waals surface area contributed by atoms with Gasteiger partial charge in [-0.1, -0.05) is 12.2 Å². The number of rotatable bonds is 4. The van der Waals surface area contributed by atoms with Gasteiger partial charge in [0, 0.05) is 7.05 Å². The highest BCUT2D eigenvalue weighted by Crippen LogP contribution is 2.57. The van der Waals surface area contributed by atoms with Gasteiger partial charge in [-0.3, -0.25) is 33.0 Å². The number of fused-ring (bicyclic) bond motifs is 3. The fourth-order valence-corrected chi connectivity index (χ4v) is 7.50. The molecule has 5 N–H and O–H groups in total. The molecule has 0 radical (unpaired) electrons. The Kier molecular flexibility index (Phi) is 8.70. The summed E-state index contributed by atoms with van der Waals surface area (Å²) in [7, 11) is -2.17. The molecule has 0 amide bonds. The fourth-order valence-electron chi connectivity index (χ4n) is 5.14. The van der Waals surface area contributed by atoms with Crippen LogP contribution in [-0.2, 0) is 36.7 Å². The number of halogens is 2. The van der Waals surface area contributed by atoms with Crippen LogP contribution in [0.4, 0.5) is 32.1 Å². The van der Waals surface area contributed by atoms with Gasteiger partial charge in [0.05, 0.1) is 19.5 Å². The zero-order chi connectivity index (χ0) is 32.2. The number of nitrogens with one attached hydrogen (secondary N) is 1. The van der Waals surface area contributed by atoms with E-state index in [0.717, 1.165) is 11.2 Å². The van der Waals surface area contributed by atoms with E-state index in [-0.39, 0.29) is 34.4 Å². The Labute approximate surface area is 257 Å². The number of aromatic amines is 1. The Morgan fingerprint density at radius 2 is 1.96 bits per heavy atom. The molecule has 0 aliphatic carbocycles. The third-order valence-corrected chi connectivity index (χ3v) is 9.70. The molecule has 0 bridgehead atoms. The number of nitrogen functional groups attached to an aromatic ring is 2. The minimum absolute atomic E-state index is 0.0465. The van der Waals surface area contributed by atoms with Crippen molar-refractivity contribution < 1.29 is 45.5 Å². The highest BCUT2D eigenvalue weighted by atomic mass is 32.7. The monoisotopic (exact) mass is 694 g/mol. The fraction of sp³-hybridized carbons (Fsp3) is 0.524. The first-order valence-corrected chi connectivity index (χ1v) is 16.9. The molecule has 3 aliphatic heterocycles. The molecule has 0 aromatic carbocycles. The van der Waals surface area contributed by atoms with E-state index in [1.165, 1.54) is 17.9 Å². The van der Waals surface area contributed by atoms with Gasteiger partial charge in [-0.25, -0.2) is 28.3 Å². The van der Waals surface area contributed by atoms with Gasteiger partial charge in [0.1, 0.15) is 36.3 Å². The van der Waals surface area contributed by atoms with E-state index < -0.39 is 83.0 Å². The predicted molar refractivity (Wildman–Crippen MR) is 156 cm³/mol. The summed E-state index contributed by atoms with van der Waals surface area (Å²) in [6.45, 7) is -2.36. The molecule has 0 spiro atoms. The first kappa shape index (κ1) is 31.9. The van der Waals surface area contributed by atoms with E-state index >= 15 is 8.78 Å². The lowest BCUT2D eigenvalue weighted by atomic mass is 10.1. The number of alkyl halides is 2. The summed E-state index contributed by atoms with van der Waals surface area (Å²) in [5, 5.41) is 0. The summed E-state index contributed by atoms with van der Waals surface area (Å²) < 4.78 is 92.4. The third kappa shape index (κ3) is 5.97. The molecule has 45 heavy (non-hydrogen) atoms. The SMILES string of the molecule is C=Nc1c(N(C)[C@@H]2O[C@@H]3CO[P@](=O)(S)O[C@@H]4C(CO[PH](=O)O[C@H]3[C@H]2F)O[C@@H](n2cnc3c(N)ncnc32)[C@@H]4F)nc(N)[nH]c1=O. The molecular formula is C21H26F2N10O9P2S. The lowest BCUT2D eigenvalue weighted by Gasteiger charge is -2.27. The predicted octanol–water partition coefficient (Wildman–Crippen LogP) is 1.09. The second-order valence-electron chi connectivity index (χ2n) is 9.97. The number of hydrogen-bond donors (Lipinski definition) is 4. The molecular weight excluding hydrogens is 668 g/mol. The summed E-state index contributed by atoms with van der Waals surface area (Å²) in [5.41, 5.74) is 10.8. The molecule has 6 rings (SSSR count). The van der Waals surface area contributed by atoms with Crippen LogP contribution in [0.2, 0.25) is 0 Å². The summed E-state index contributed by atoms with van der Waals surface area (Å²) >= 11 is 3.97. The number of H-pyrrole nitrogens is 1. The Balaban J connectivity index is 1.24. The van der Waals surface area contributed by atoms with Crippen molar-refractivity contribution >= 4 is 68.5 Å². The van der Waals surface area contributed by atoms with E-state index in [1.54, 1.807) is 0 Å². The van der Waals surface area contributed by atoms with E-state index in [4.69, 9.17) is 39.0 Å². The minimum atomic E-state index is -4.41. The van der Waals surface area contributed by atoms with Gasteiger partial charge in [-0.15, -0.1) is 0 Å². The molecule has 6 heterocycles. The van der Waals surface area contributed by atoms with Gasteiger partial charge in [0.2, 0.25) is 5.95 Å². The van der Waals surface area contributed by atoms with Crippen molar-refractivity contribution in [1.82, 2.24) is 29.5 Å². The average Bonchev–Trinajstić information content (AvgIpc) is 3.64. The van der Waals surface area contributed by atoms with Crippen LogP contribution in [-0.4, -0.2) is 99.5 Å². The van der Waals surface area contributed by atoms with Crippen LogP contribution < -0.4 is 21.9 Å². The van der Waals surface area contributed by atoms with Gasteiger partial charge in [0.15, 0.2) is 47.8 Å². The molecule has 3 aliphatic rings. The lowest BCUT2D eigenvalue weighted by molar-refractivity contribution is -0.0483. The van der Waals surface area contributed by atoms with Crippen molar-refractivity contribution in [2.75, 3.05) is 36.6 Å². The maximum absolute atomic E-state index is 15.9. The molecule has 3 saturated heterocycles. The smallest absolute Gasteiger partial charge is 0.382 e. The molecule has 10 atom stereocenters. The van der Waals surface area contributed by atoms with Crippen molar-refractivity contribution in [3.8, 4) is 0 Å². The van der Waals surface area contributed by atoms with E-state index in [0.29, 0.717) is 0 Å². The molecule has 19 nitrogen and oxygen atoms in total. The van der Waals surface area contributed by atoms with Crippen LogP contribution in [0.15, 0.2) is 22.4 Å². The number of hydrogen-bond acceptors (Lipinski definition) is 17. The van der Waals surface area contributed by atoms with Crippen LogP contribution in [0.5, 0.6) is 0 Å². The normalized spacial score (nSPS) is 35.7. The molecule has 3 aromatic heterocycles. The zero-order valence-corrected chi connectivity index (χ0v) is 25.8. The number of thiol groups is 1. The summed E-state index contributed by atoms with van der Waals surface area (Å²) in [4.78, 5) is 35.2. The molecule has 24 heteroatoms.